The van der Waals surface area contributed by atoms with Crippen molar-refractivity contribution in [3.05, 3.63) is 106 Å². The number of carbonyl (C=O) groups is 1. The Hall–Kier alpha value is -3.75. The summed E-state index contributed by atoms with van der Waals surface area (Å²) in [6, 6.07) is 20.4. The molecule has 0 atom stereocenters. The minimum absolute atomic E-state index is 0.0905. The molecule has 7 nitrogen and oxygen atoms in total. The number of nitrogens with zero attached hydrogens (tertiary/aromatic N) is 3. The lowest BCUT2D eigenvalue weighted by molar-refractivity contribution is 0.0961. The highest BCUT2D eigenvalue weighted by Crippen LogP contribution is 2.25. The molecule has 0 aliphatic carbocycles. The molecule has 0 amide bonds. The zero-order valence-corrected chi connectivity index (χ0v) is 17.9. The molecular formula is C23H14ClN3O4S. The van der Waals surface area contributed by atoms with Crippen molar-refractivity contribution in [1.29, 1.82) is 0 Å². The Bertz CT molecular complexity index is 1680. The summed E-state index contributed by atoms with van der Waals surface area (Å²) in [5.41, 5.74) is -0.285. The van der Waals surface area contributed by atoms with Crippen molar-refractivity contribution in [2.24, 2.45) is 0 Å². The molecule has 0 unspecified atom stereocenters. The Balaban J connectivity index is 1.81. The number of para-hydroxylation sites is 3. The van der Waals surface area contributed by atoms with E-state index in [1.54, 1.807) is 36.4 Å². The Morgan fingerprint density at radius 3 is 2.28 bits per heavy atom. The summed E-state index contributed by atoms with van der Waals surface area (Å²) in [5.74, 6) is -0.659. The van der Waals surface area contributed by atoms with Crippen LogP contribution in [0.2, 0.25) is 5.02 Å². The normalized spacial score (nSPS) is 11.8. The molecule has 32 heavy (non-hydrogen) atoms. The zero-order chi connectivity index (χ0) is 22.5. The molecule has 0 saturated carbocycles. The number of pyridine rings is 1. The molecule has 0 radical (unpaired) electrons. The van der Waals surface area contributed by atoms with Crippen LogP contribution < -0.4 is 5.69 Å². The third-order valence-electron chi connectivity index (χ3n) is 5.11. The van der Waals surface area contributed by atoms with E-state index in [1.165, 1.54) is 48.7 Å². The molecule has 0 bridgehead atoms. The lowest BCUT2D eigenvalue weighted by Gasteiger charge is -2.08. The maximum absolute atomic E-state index is 13.7. The highest BCUT2D eigenvalue weighted by molar-refractivity contribution is 7.90. The molecule has 0 aliphatic rings. The van der Waals surface area contributed by atoms with Crippen LogP contribution in [0.3, 0.4) is 0 Å². The molecular weight excluding hydrogens is 450 g/mol. The molecule has 0 spiro atoms. The van der Waals surface area contributed by atoms with Gasteiger partial charge in [-0.3, -0.25) is 9.78 Å². The largest absolute Gasteiger partial charge is 0.350 e. The lowest BCUT2D eigenvalue weighted by atomic mass is 10.2. The van der Waals surface area contributed by atoms with E-state index >= 15 is 0 Å². The molecule has 0 saturated heterocycles. The van der Waals surface area contributed by atoms with Crippen LogP contribution in [0, 0.1) is 0 Å². The molecule has 158 valence electrons. The number of carbonyl (C=O) groups excluding carboxylic acids is 1. The SMILES string of the molecule is O=C(c1ccc(Cl)cc1)n1c(=O)n(S(=O)(=O)c2cccc3cccnc23)c2ccccc21. The number of halogens is 1. The van der Waals surface area contributed by atoms with E-state index in [4.69, 9.17) is 11.6 Å². The molecule has 0 N–H and O–H groups in total. The second-order valence-corrected chi connectivity index (χ2v) is 9.21. The number of hydrogen-bond acceptors (Lipinski definition) is 5. The fraction of sp³-hybridized carbons (Fsp3) is 0. The van der Waals surface area contributed by atoms with Crippen molar-refractivity contribution >= 4 is 49.5 Å². The van der Waals surface area contributed by atoms with Gasteiger partial charge in [0.25, 0.3) is 15.9 Å². The van der Waals surface area contributed by atoms with Crippen LogP contribution in [0.1, 0.15) is 10.4 Å². The Kier molecular flexibility index (Phi) is 4.69. The maximum Gasteiger partial charge on any atom is 0.350 e. The van der Waals surface area contributed by atoms with E-state index in [9.17, 15) is 18.0 Å². The van der Waals surface area contributed by atoms with Crippen LogP contribution in [0.5, 0.6) is 0 Å². The molecule has 0 aliphatic heterocycles. The van der Waals surface area contributed by atoms with E-state index in [0.29, 0.717) is 14.4 Å². The van der Waals surface area contributed by atoms with Crippen LogP contribution in [-0.4, -0.2) is 27.8 Å². The molecule has 5 aromatic rings. The average molecular weight is 464 g/mol. The summed E-state index contributed by atoms with van der Waals surface area (Å²) in [7, 11) is -4.38. The van der Waals surface area contributed by atoms with Gasteiger partial charge in [-0.2, -0.15) is 3.97 Å². The molecule has 2 heterocycles. The van der Waals surface area contributed by atoms with Gasteiger partial charge in [-0.25, -0.2) is 17.8 Å². The monoisotopic (exact) mass is 463 g/mol. The van der Waals surface area contributed by atoms with E-state index in [-0.39, 0.29) is 27.0 Å². The van der Waals surface area contributed by atoms with Crippen molar-refractivity contribution in [2.75, 3.05) is 0 Å². The van der Waals surface area contributed by atoms with E-state index < -0.39 is 21.6 Å². The highest BCUT2D eigenvalue weighted by Gasteiger charge is 2.29. The van der Waals surface area contributed by atoms with Gasteiger partial charge in [-0.1, -0.05) is 41.9 Å². The summed E-state index contributed by atoms with van der Waals surface area (Å²) in [6.07, 6.45) is 1.48. The van der Waals surface area contributed by atoms with Gasteiger partial charge in [-0.05, 0) is 48.5 Å². The fourth-order valence-electron chi connectivity index (χ4n) is 3.65. The first-order valence-electron chi connectivity index (χ1n) is 9.52. The predicted molar refractivity (Wildman–Crippen MR) is 122 cm³/mol. The smallest absolute Gasteiger partial charge is 0.268 e. The van der Waals surface area contributed by atoms with E-state index in [1.807, 2.05) is 0 Å². The fourth-order valence-corrected chi connectivity index (χ4v) is 5.34. The first kappa shape index (κ1) is 20.2. The van der Waals surface area contributed by atoms with Gasteiger partial charge >= 0.3 is 5.69 Å². The zero-order valence-electron chi connectivity index (χ0n) is 16.3. The van der Waals surface area contributed by atoms with Gasteiger partial charge in [0.1, 0.15) is 4.90 Å². The summed E-state index contributed by atoms with van der Waals surface area (Å²) >= 11 is 5.90. The van der Waals surface area contributed by atoms with Crippen molar-refractivity contribution in [3.8, 4) is 0 Å². The van der Waals surface area contributed by atoms with Crippen molar-refractivity contribution in [1.82, 2.24) is 13.5 Å². The van der Waals surface area contributed by atoms with Gasteiger partial charge < -0.3 is 0 Å². The molecule has 2 aromatic heterocycles. The first-order chi connectivity index (χ1) is 15.4. The Morgan fingerprint density at radius 2 is 1.53 bits per heavy atom. The summed E-state index contributed by atoms with van der Waals surface area (Å²) in [4.78, 5) is 30.7. The minimum atomic E-state index is -4.38. The topological polar surface area (TPSA) is 91.0 Å². The van der Waals surface area contributed by atoms with Crippen molar-refractivity contribution in [2.45, 2.75) is 4.90 Å². The van der Waals surface area contributed by atoms with Gasteiger partial charge in [0.15, 0.2) is 0 Å². The van der Waals surface area contributed by atoms with Crippen LogP contribution in [-0.2, 0) is 10.0 Å². The van der Waals surface area contributed by atoms with Crippen LogP contribution in [0.4, 0.5) is 0 Å². The van der Waals surface area contributed by atoms with E-state index in [2.05, 4.69) is 4.98 Å². The summed E-state index contributed by atoms with van der Waals surface area (Å²) in [6.45, 7) is 0. The summed E-state index contributed by atoms with van der Waals surface area (Å²) in [5, 5.41) is 1.05. The highest BCUT2D eigenvalue weighted by atomic mass is 35.5. The van der Waals surface area contributed by atoms with Crippen LogP contribution in [0.25, 0.3) is 21.9 Å². The van der Waals surface area contributed by atoms with Gasteiger partial charge in [0.05, 0.1) is 16.6 Å². The van der Waals surface area contributed by atoms with Gasteiger partial charge in [0, 0.05) is 22.2 Å². The number of imidazole rings is 1. The quantitative estimate of drug-likeness (QED) is 0.404. The number of aromatic nitrogens is 3. The molecule has 5 rings (SSSR count). The number of fused-ring (bicyclic) bond motifs is 2. The first-order valence-corrected chi connectivity index (χ1v) is 11.3. The molecule has 3 aromatic carbocycles. The number of rotatable bonds is 3. The molecule has 9 heteroatoms. The van der Waals surface area contributed by atoms with E-state index in [0.717, 1.165) is 4.57 Å². The Morgan fingerprint density at radius 1 is 0.844 bits per heavy atom. The maximum atomic E-state index is 13.7. The van der Waals surface area contributed by atoms with Crippen molar-refractivity contribution in [3.63, 3.8) is 0 Å². The van der Waals surface area contributed by atoms with Crippen LogP contribution >= 0.6 is 11.6 Å². The summed E-state index contributed by atoms with van der Waals surface area (Å²) < 4.78 is 28.9. The second kappa shape index (κ2) is 7.44. The minimum Gasteiger partial charge on any atom is -0.268 e. The van der Waals surface area contributed by atoms with Gasteiger partial charge in [0.2, 0.25) is 0 Å². The van der Waals surface area contributed by atoms with Crippen molar-refractivity contribution < 1.29 is 13.2 Å². The molecule has 0 fully saturated rings. The third kappa shape index (κ3) is 3.04. The standard InChI is InChI=1S/C23H14ClN3O4S/c24-17-12-10-16(11-13-17)22(28)26-18-7-1-2-8-19(18)27(23(26)29)32(30,31)20-9-3-5-15-6-4-14-25-21(15)20/h1-14H. The second-order valence-electron chi connectivity index (χ2n) is 7.02. The van der Waals surface area contributed by atoms with Crippen LogP contribution in [0.15, 0.2) is 94.7 Å². The van der Waals surface area contributed by atoms with Gasteiger partial charge in [-0.15, -0.1) is 0 Å². The predicted octanol–water partition coefficient (Wildman–Crippen LogP) is 3.93. The average Bonchev–Trinajstić information content (AvgIpc) is 3.11. The lowest BCUT2D eigenvalue weighted by Crippen LogP contribution is -2.33. The number of benzene rings is 3. The number of hydrogen-bond donors (Lipinski definition) is 0. The Labute approximate surface area is 187 Å². The third-order valence-corrected chi connectivity index (χ3v) is 7.09.